The smallest absolute Gasteiger partial charge is 0.387 e. The van der Waals surface area contributed by atoms with Crippen molar-refractivity contribution in [3.05, 3.63) is 66.2 Å². The SMILES string of the molecule is O=C(Nc1ccc2c(c1)OCO2)Nc1n[nH]c2ccc(OCc3ccccc3OC(F)F)cc12. The Morgan fingerprint density at radius 1 is 1.06 bits per heavy atom. The lowest BCUT2D eigenvalue weighted by molar-refractivity contribution is -0.0508. The maximum Gasteiger partial charge on any atom is 0.387 e. The molecular weight excluding hydrogens is 450 g/mol. The summed E-state index contributed by atoms with van der Waals surface area (Å²) in [4.78, 5) is 12.5. The Hall–Kier alpha value is -4.54. The van der Waals surface area contributed by atoms with Crippen molar-refractivity contribution < 1.29 is 32.5 Å². The first-order valence-electron chi connectivity index (χ1n) is 10.2. The van der Waals surface area contributed by atoms with Gasteiger partial charge in [0.1, 0.15) is 18.1 Å². The van der Waals surface area contributed by atoms with Crippen LogP contribution in [0.25, 0.3) is 10.9 Å². The number of aromatic amines is 1. The van der Waals surface area contributed by atoms with E-state index in [4.69, 9.17) is 14.2 Å². The van der Waals surface area contributed by atoms with Crippen LogP contribution in [0.4, 0.5) is 25.1 Å². The summed E-state index contributed by atoms with van der Waals surface area (Å²) < 4.78 is 46.1. The molecule has 1 aliphatic heterocycles. The lowest BCUT2D eigenvalue weighted by atomic mass is 10.2. The third-order valence-corrected chi connectivity index (χ3v) is 4.98. The van der Waals surface area contributed by atoms with Gasteiger partial charge in [-0.15, -0.1) is 0 Å². The van der Waals surface area contributed by atoms with E-state index in [2.05, 4.69) is 25.6 Å². The second-order valence-electron chi connectivity index (χ2n) is 7.20. The van der Waals surface area contributed by atoms with E-state index in [0.29, 0.717) is 45.2 Å². The molecule has 0 unspecified atom stereocenters. The van der Waals surface area contributed by atoms with E-state index in [0.717, 1.165) is 0 Å². The van der Waals surface area contributed by atoms with Crippen molar-refractivity contribution in [2.75, 3.05) is 17.4 Å². The monoisotopic (exact) mass is 468 g/mol. The van der Waals surface area contributed by atoms with Crippen LogP contribution in [0.15, 0.2) is 60.7 Å². The molecule has 0 aliphatic carbocycles. The lowest BCUT2D eigenvalue weighted by Gasteiger charge is -2.12. The van der Waals surface area contributed by atoms with E-state index >= 15 is 0 Å². The van der Waals surface area contributed by atoms with E-state index in [9.17, 15) is 13.6 Å². The van der Waals surface area contributed by atoms with Crippen LogP contribution < -0.4 is 29.6 Å². The van der Waals surface area contributed by atoms with E-state index in [1.807, 2.05) is 0 Å². The van der Waals surface area contributed by atoms with Gasteiger partial charge in [-0.1, -0.05) is 18.2 Å². The van der Waals surface area contributed by atoms with Gasteiger partial charge < -0.3 is 24.3 Å². The van der Waals surface area contributed by atoms with E-state index in [-0.39, 0.29) is 19.1 Å². The Morgan fingerprint density at radius 2 is 1.91 bits per heavy atom. The summed E-state index contributed by atoms with van der Waals surface area (Å²) in [5.74, 6) is 1.95. The Bertz CT molecular complexity index is 1340. The molecule has 0 bridgehead atoms. The fourth-order valence-electron chi connectivity index (χ4n) is 3.42. The number of carbonyl (C=O) groups is 1. The number of para-hydroxylation sites is 1. The highest BCUT2D eigenvalue weighted by Crippen LogP contribution is 2.34. The number of halogens is 2. The van der Waals surface area contributed by atoms with Crippen LogP contribution in [0.1, 0.15) is 5.56 Å². The predicted molar refractivity (Wildman–Crippen MR) is 119 cm³/mol. The van der Waals surface area contributed by atoms with Gasteiger partial charge in [0.05, 0.1) is 5.52 Å². The number of H-pyrrole nitrogens is 1. The Morgan fingerprint density at radius 3 is 2.79 bits per heavy atom. The van der Waals surface area contributed by atoms with Gasteiger partial charge in [-0.2, -0.15) is 13.9 Å². The number of anilines is 2. The van der Waals surface area contributed by atoms with Crippen molar-refractivity contribution >= 4 is 28.4 Å². The summed E-state index contributed by atoms with van der Waals surface area (Å²) in [5, 5.41) is 13.0. The molecule has 0 radical (unpaired) electrons. The molecule has 1 aliphatic rings. The molecule has 3 aromatic carbocycles. The van der Waals surface area contributed by atoms with Gasteiger partial charge in [-0.05, 0) is 36.4 Å². The molecule has 5 rings (SSSR count). The average molecular weight is 468 g/mol. The van der Waals surface area contributed by atoms with Crippen LogP contribution in [0.3, 0.4) is 0 Å². The van der Waals surface area contributed by atoms with E-state index in [1.54, 1.807) is 54.6 Å². The van der Waals surface area contributed by atoms with Gasteiger partial charge in [0.25, 0.3) is 0 Å². The first-order chi connectivity index (χ1) is 16.5. The fourth-order valence-corrected chi connectivity index (χ4v) is 3.42. The molecule has 34 heavy (non-hydrogen) atoms. The van der Waals surface area contributed by atoms with Gasteiger partial charge >= 0.3 is 12.6 Å². The molecule has 0 fully saturated rings. The maximum atomic E-state index is 12.6. The number of hydrogen-bond donors (Lipinski definition) is 3. The summed E-state index contributed by atoms with van der Waals surface area (Å²) in [5.41, 5.74) is 1.67. The van der Waals surface area contributed by atoms with Crippen LogP contribution in [0.2, 0.25) is 0 Å². The number of hydrogen-bond acceptors (Lipinski definition) is 6. The van der Waals surface area contributed by atoms with E-state index in [1.165, 1.54) is 6.07 Å². The van der Waals surface area contributed by atoms with Crippen molar-refractivity contribution in [2.24, 2.45) is 0 Å². The largest absolute Gasteiger partial charge is 0.489 e. The number of amides is 2. The maximum absolute atomic E-state index is 12.6. The summed E-state index contributed by atoms with van der Waals surface area (Å²) in [7, 11) is 0. The zero-order chi connectivity index (χ0) is 23.5. The molecule has 174 valence electrons. The number of urea groups is 1. The molecule has 0 saturated carbocycles. The van der Waals surface area contributed by atoms with Crippen LogP contribution in [0.5, 0.6) is 23.0 Å². The molecule has 0 atom stereocenters. The molecule has 0 saturated heterocycles. The van der Waals surface area contributed by atoms with Gasteiger partial charge in [0.2, 0.25) is 6.79 Å². The van der Waals surface area contributed by atoms with Gasteiger partial charge in [0, 0.05) is 22.7 Å². The number of alkyl halides is 2. The van der Waals surface area contributed by atoms with Crippen molar-refractivity contribution in [1.29, 1.82) is 0 Å². The molecule has 0 spiro atoms. The van der Waals surface area contributed by atoms with Crippen molar-refractivity contribution in [1.82, 2.24) is 10.2 Å². The zero-order valence-electron chi connectivity index (χ0n) is 17.5. The second kappa shape index (κ2) is 9.14. The first-order valence-corrected chi connectivity index (χ1v) is 10.2. The van der Waals surface area contributed by atoms with Gasteiger partial charge in [-0.25, -0.2) is 4.79 Å². The minimum atomic E-state index is -2.93. The van der Waals surface area contributed by atoms with E-state index < -0.39 is 12.6 Å². The summed E-state index contributed by atoms with van der Waals surface area (Å²) in [6, 6.07) is 16.1. The molecule has 2 heterocycles. The Balaban J connectivity index is 1.27. The fraction of sp³-hybridized carbons (Fsp3) is 0.130. The summed E-state index contributed by atoms with van der Waals surface area (Å²) in [6.07, 6.45) is 0. The normalized spacial score (nSPS) is 12.1. The number of nitrogens with one attached hydrogen (secondary N) is 3. The third-order valence-electron chi connectivity index (χ3n) is 4.98. The first kappa shape index (κ1) is 21.3. The molecule has 9 nitrogen and oxygen atoms in total. The van der Waals surface area contributed by atoms with Crippen molar-refractivity contribution in [2.45, 2.75) is 13.2 Å². The van der Waals surface area contributed by atoms with Crippen molar-refractivity contribution in [3.63, 3.8) is 0 Å². The number of ether oxygens (including phenoxy) is 4. The highest BCUT2D eigenvalue weighted by atomic mass is 19.3. The van der Waals surface area contributed by atoms with Crippen molar-refractivity contribution in [3.8, 4) is 23.0 Å². The number of aromatic nitrogens is 2. The van der Waals surface area contributed by atoms with Crippen LogP contribution in [-0.4, -0.2) is 29.6 Å². The van der Waals surface area contributed by atoms with Crippen LogP contribution in [-0.2, 0) is 6.61 Å². The average Bonchev–Trinajstić information content (AvgIpc) is 3.44. The summed E-state index contributed by atoms with van der Waals surface area (Å²) in [6.45, 7) is -2.78. The number of carbonyl (C=O) groups excluding carboxylic acids is 1. The molecule has 3 N–H and O–H groups in total. The van der Waals surface area contributed by atoms with Gasteiger partial charge in [0.15, 0.2) is 17.3 Å². The molecule has 2 amide bonds. The molecule has 1 aromatic heterocycles. The van der Waals surface area contributed by atoms with Gasteiger partial charge in [-0.3, -0.25) is 10.4 Å². The predicted octanol–water partition coefficient (Wildman–Crippen LogP) is 5.12. The standard InChI is InChI=1S/C23H18F2N4O5/c24-22(25)34-18-4-2-1-3-13(18)11-31-15-6-7-17-16(10-15)21(29-28-17)27-23(30)26-14-5-8-19-20(9-14)33-12-32-19/h1-10,22H,11-12H2,(H3,26,27,28,29,30). The molecular formula is C23H18F2N4O5. The molecule has 4 aromatic rings. The number of benzene rings is 3. The topological polar surface area (TPSA) is 107 Å². The highest BCUT2D eigenvalue weighted by molar-refractivity contribution is 6.04. The Kier molecular flexibility index (Phi) is 5.73. The zero-order valence-corrected chi connectivity index (χ0v) is 17.5. The second-order valence-corrected chi connectivity index (χ2v) is 7.20. The number of rotatable bonds is 7. The lowest BCUT2D eigenvalue weighted by Crippen LogP contribution is -2.19. The number of nitrogens with zero attached hydrogens (tertiary/aromatic N) is 1. The summed E-state index contributed by atoms with van der Waals surface area (Å²) >= 11 is 0. The number of fused-ring (bicyclic) bond motifs is 2. The minimum Gasteiger partial charge on any atom is -0.489 e. The van der Waals surface area contributed by atoms with Crippen LogP contribution in [0, 0.1) is 0 Å². The molecule has 11 heteroatoms. The highest BCUT2D eigenvalue weighted by Gasteiger charge is 2.16. The Labute approximate surface area is 191 Å². The quantitative estimate of drug-likeness (QED) is 0.348. The minimum absolute atomic E-state index is 0.0135. The third kappa shape index (κ3) is 4.63. The van der Waals surface area contributed by atoms with Crippen LogP contribution >= 0.6 is 0 Å².